The second-order valence-electron chi connectivity index (χ2n) is 7.72. The molecule has 0 N–H and O–H groups in total. The molecule has 0 radical (unpaired) electrons. The third kappa shape index (κ3) is 27.7. The minimum absolute atomic E-state index is 0. The average molecular weight is 467 g/mol. The van der Waals surface area contributed by atoms with Gasteiger partial charge in [-0.05, 0) is 37.7 Å². The molecule has 192 valence electrons. The number of Topliss-reactive ketones (excluding diaryl/α,β-unsaturated/α-hetero) is 3. The van der Waals surface area contributed by atoms with Crippen molar-refractivity contribution in [2.45, 2.75) is 108 Å². The minimum atomic E-state index is -0.327. The fraction of sp³-hybridized carbons (Fsp3) is 0.643. The second kappa shape index (κ2) is 26.0. The molecule has 0 saturated carbocycles. The highest BCUT2D eigenvalue weighted by Gasteiger charge is 2.13. The number of benzene rings is 1. The van der Waals surface area contributed by atoms with Gasteiger partial charge in [-0.3, -0.25) is 19.2 Å². The summed E-state index contributed by atoms with van der Waals surface area (Å²) in [5.74, 6) is 0.504. The minimum Gasteiger partial charge on any atom is -0.461 e. The predicted molar refractivity (Wildman–Crippen MR) is 139 cm³/mol. The Labute approximate surface area is 203 Å². The molecule has 5 nitrogen and oxygen atoms in total. The quantitative estimate of drug-likeness (QED) is 0.265. The van der Waals surface area contributed by atoms with Gasteiger partial charge in [-0.2, -0.15) is 0 Å². The van der Waals surface area contributed by atoms with Gasteiger partial charge in [0, 0.05) is 26.2 Å². The number of ketones is 3. The van der Waals surface area contributed by atoms with E-state index < -0.39 is 0 Å². The van der Waals surface area contributed by atoms with E-state index in [1.165, 1.54) is 13.8 Å². The number of hydrogen-bond acceptors (Lipinski definition) is 5. The second-order valence-corrected chi connectivity index (χ2v) is 7.72. The number of esters is 1. The molecular weight excluding hydrogens is 416 g/mol. The molecule has 0 aliphatic heterocycles. The van der Waals surface area contributed by atoms with Crippen LogP contribution in [-0.2, 0) is 30.5 Å². The Morgan fingerprint density at radius 2 is 1.39 bits per heavy atom. The Morgan fingerprint density at radius 3 is 1.70 bits per heavy atom. The molecule has 0 spiro atoms. The van der Waals surface area contributed by atoms with Crippen molar-refractivity contribution < 1.29 is 23.9 Å². The van der Waals surface area contributed by atoms with E-state index in [2.05, 4.69) is 20.8 Å². The number of rotatable bonds is 10. The summed E-state index contributed by atoms with van der Waals surface area (Å²) >= 11 is 0. The Hall–Kier alpha value is -2.30. The largest absolute Gasteiger partial charge is 0.461 e. The van der Waals surface area contributed by atoms with E-state index in [1.807, 2.05) is 51.1 Å². The van der Waals surface area contributed by atoms with Crippen LogP contribution in [0.3, 0.4) is 0 Å². The van der Waals surface area contributed by atoms with Crippen LogP contribution in [0.4, 0.5) is 0 Å². The van der Waals surface area contributed by atoms with Gasteiger partial charge in [-0.25, -0.2) is 0 Å². The molecule has 1 rings (SSSR count). The van der Waals surface area contributed by atoms with Crippen LogP contribution in [0.1, 0.15) is 107 Å². The van der Waals surface area contributed by atoms with Crippen molar-refractivity contribution in [2.75, 3.05) is 0 Å². The zero-order valence-corrected chi connectivity index (χ0v) is 21.8. The molecule has 33 heavy (non-hydrogen) atoms. The number of carbonyl (C=O) groups excluding carboxylic acids is 4. The first kappa shape index (κ1) is 38.0. The van der Waals surface area contributed by atoms with Crippen LogP contribution in [0.5, 0.6) is 0 Å². The third-order valence-corrected chi connectivity index (χ3v) is 4.12. The number of carbonyl (C=O) groups is 4. The van der Waals surface area contributed by atoms with Crippen LogP contribution in [0.25, 0.3) is 0 Å². The van der Waals surface area contributed by atoms with Gasteiger partial charge in [-0.15, -0.1) is 0 Å². The number of ether oxygens (including phenoxy) is 1. The summed E-state index contributed by atoms with van der Waals surface area (Å²) in [5, 5.41) is 0. The highest BCUT2D eigenvalue weighted by molar-refractivity contribution is 6.36. The van der Waals surface area contributed by atoms with Crippen LogP contribution in [-0.4, -0.2) is 23.3 Å². The van der Waals surface area contributed by atoms with E-state index >= 15 is 0 Å². The van der Waals surface area contributed by atoms with E-state index in [0.29, 0.717) is 30.6 Å². The van der Waals surface area contributed by atoms with Crippen LogP contribution < -0.4 is 0 Å². The lowest BCUT2D eigenvalue weighted by Gasteiger charge is -2.14. The lowest BCUT2D eigenvalue weighted by Crippen LogP contribution is -2.13. The fourth-order valence-electron chi connectivity index (χ4n) is 2.57. The predicted octanol–water partition coefficient (Wildman–Crippen LogP) is 7.39. The van der Waals surface area contributed by atoms with E-state index in [-0.39, 0.29) is 25.0 Å². The smallest absolute Gasteiger partial charge is 0.302 e. The summed E-state index contributed by atoms with van der Waals surface area (Å²) in [6, 6.07) is 9.60. The average Bonchev–Trinajstić information content (AvgIpc) is 2.75. The van der Waals surface area contributed by atoms with Crippen molar-refractivity contribution in [3.05, 3.63) is 35.9 Å². The Kier molecular flexibility index (Phi) is 29.9. The summed E-state index contributed by atoms with van der Waals surface area (Å²) in [6.45, 7) is 17.1. The van der Waals surface area contributed by atoms with Crippen LogP contribution >= 0.6 is 0 Å². The SMILES string of the molecule is C.CC.CC(=O)OCc1ccccc1.CCCC(=O)C(C)=O.CCCC(CC(C)C)C(C)=O. The highest BCUT2D eigenvalue weighted by atomic mass is 16.5. The van der Waals surface area contributed by atoms with Crippen molar-refractivity contribution in [1.82, 2.24) is 0 Å². The lowest BCUT2D eigenvalue weighted by molar-refractivity contribution is -0.142. The maximum absolute atomic E-state index is 11.1. The normalized spacial score (nSPS) is 9.88. The molecule has 1 aromatic rings. The van der Waals surface area contributed by atoms with E-state index in [9.17, 15) is 19.2 Å². The molecule has 0 amide bonds. The Morgan fingerprint density at radius 1 is 0.879 bits per heavy atom. The van der Waals surface area contributed by atoms with Gasteiger partial charge in [0.1, 0.15) is 12.4 Å². The maximum Gasteiger partial charge on any atom is 0.302 e. The van der Waals surface area contributed by atoms with Gasteiger partial charge in [0.15, 0.2) is 11.6 Å². The molecule has 0 aliphatic carbocycles. The molecule has 0 bridgehead atoms. The molecule has 1 unspecified atom stereocenters. The first-order valence-electron chi connectivity index (χ1n) is 11.8. The van der Waals surface area contributed by atoms with Gasteiger partial charge in [-0.1, -0.05) is 85.7 Å². The zero-order valence-electron chi connectivity index (χ0n) is 21.8. The lowest BCUT2D eigenvalue weighted by atomic mass is 9.90. The molecule has 0 aliphatic rings. The van der Waals surface area contributed by atoms with Crippen molar-refractivity contribution in [1.29, 1.82) is 0 Å². The van der Waals surface area contributed by atoms with Crippen molar-refractivity contribution in [2.24, 2.45) is 11.8 Å². The third-order valence-electron chi connectivity index (χ3n) is 4.12. The van der Waals surface area contributed by atoms with E-state index in [1.54, 1.807) is 6.92 Å². The van der Waals surface area contributed by atoms with Crippen molar-refractivity contribution in [3.8, 4) is 0 Å². The molecule has 0 fully saturated rings. The maximum atomic E-state index is 11.1. The standard InChI is InChI=1S/C10H20O.C9H10O2.C6H10O2.C2H6.CH4/c1-5-6-10(9(4)11)7-8(2)3;1-8(10)11-7-9-5-3-2-4-6-9;1-3-4-6(8)5(2)7;1-2;/h8,10H,5-7H2,1-4H3;2-6H,7H2,1H3;3-4H2,1-2H3;1-2H3;1H4. The van der Waals surface area contributed by atoms with Gasteiger partial charge in [0.05, 0.1) is 0 Å². The summed E-state index contributed by atoms with van der Waals surface area (Å²) in [7, 11) is 0. The molecule has 1 atom stereocenters. The van der Waals surface area contributed by atoms with Crippen LogP contribution in [0, 0.1) is 11.8 Å². The number of hydrogen-bond donors (Lipinski definition) is 0. The first-order valence-corrected chi connectivity index (χ1v) is 11.8. The topological polar surface area (TPSA) is 77.5 Å². The molecule has 0 saturated heterocycles. The molecule has 5 heteroatoms. The van der Waals surface area contributed by atoms with Gasteiger partial charge in [0.25, 0.3) is 0 Å². The monoisotopic (exact) mass is 466 g/mol. The van der Waals surface area contributed by atoms with Gasteiger partial charge >= 0.3 is 5.97 Å². The summed E-state index contributed by atoms with van der Waals surface area (Å²) in [4.78, 5) is 42.0. The fourth-order valence-corrected chi connectivity index (χ4v) is 2.57. The summed E-state index contributed by atoms with van der Waals surface area (Å²) in [5.41, 5.74) is 1.02. The van der Waals surface area contributed by atoms with Crippen molar-refractivity contribution in [3.63, 3.8) is 0 Å². The Balaban J connectivity index is -0.000000184. The van der Waals surface area contributed by atoms with Crippen molar-refractivity contribution >= 4 is 23.3 Å². The Bertz CT molecular complexity index is 620. The summed E-state index contributed by atoms with van der Waals surface area (Å²) in [6.07, 6.45) is 4.40. The van der Waals surface area contributed by atoms with Gasteiger partial charge < -0.3 is 4.74 Å². The van der Waals surface area contributed by atoms with E-state index in [0.717, 1.165) is 31.2 Å². The highest BCUT2D eigenvalue weighted by Crippen LogP contribution is 2.17. The molecule has 0 aromatic heterocycles. The van der Waals surface area contributed by atoms with Crippen LogP contribution in [0.2, 0.25) is 0 Å². The molecule has 0 heterocycles. The molecular formula is C28H50O5. The summed E-state index contributed by atoms with van der Waals surface area (Å²) < 4.78 is 4.79. The molecule has 1 aromatic carbocycles. The van der Waals surface area contributed by atoms with E-state index in [4.69, 9.17) is 4.74 Å². The van der Waals surface area contributed by atoms with Gasteiger partial charge in [0.2, 0.25) is 0 Å². The van der Waals surface area contributed by atoms with Crippen LogP contribution in [0.15, 0.2) is 30.3 Å². The zero-order chi connectivity index (χ0) is 25.5. The first-order chi connectivity index (χ1) is 15.0.